The monoisotopic (exact) mass is 469 g/mol. The van der Waals surface area contributed by atoms with E-state index in [0.717, 1.165) is 44.3 Å². The molecule has 3 rings (SSSR count). The van der Waals surface area contributed by atoms with Crippen LogP contribution in [0.2, 0.25) is 0 Å². The van der Waals surface area contributed by atoms with Crippen LogP contribution in [0.3, 0.4) is 0 Å². The van der Waals surface area contributed by atoms with Crippen molar-refractivity contribution in [2.45, 2.75) is 64.3 Å². The van der Waals surface area contributed by atoms with Gasteiger partial charge in [0.05, 0.1) is 6.42 Å². The predicted octanol–water partition coefficient (Wildman–Crippen LogP) is 3.88. The molecule has 6 nitrogen and oxygen atoms in total. The Kier molecular flexibility index (Phi) is 9.94. The number of hydrogen-bond acceptors (Lipinski definition) is 5. The van der Waals surface area contributed by atoms with Crippen LogP contribution in [0.25, 0.3) is 0 Å². The molecule has 0 spiro atoms. The zero-order valence-electron chi connectivity index (χ0n) is 19.5. The quantitative estimate of drug-likeness (QED) is 0.412. The zero-order chi connectivity index (χ0) is 23.5. The average molecular weight is 470 g/mol. The van der Waals surface area contributed by atoms with Crippen LogP contribution < -0.4 is 15.5 Å². The molecule has 2 N–H and O–H groups in total. The lowest BCUT2D eigenvalue weighted by Crippen LogP contribution is -2.48. The maximum absolute atomic E-state index is 12.9. The summed E-state index contributed by atoms with van der Waals surface area (Å²) < 4.78 is 0. The van der Waals surface area contributed by atoms with Gasteiger partial charge >= 0.3 is 0 Å². The van der Waals surface area contributed by atoms with Crippen molar-refractivity contribution in [1.29, 1.82) is 0 Å². The van der Waals surface area contributed by atoms with Gasteiger partial charge < -0.3 is 15.5 Å². The molecule has 1 aliphatic heterocycles. The van der Waals surface area contributed by atoms with Gasteiger partial charge in [0.25, 0.3) is 0 Å². The minimum Gasteiger partial charge on any atom is -0.369 e. The topological polar surface area (TPSA) is 78.5 Å². The molecule has 1 aliphatic rings. The number of thiophene rings is 1. The Balaban J connectivity index is 1.47. The molecule has 33 heavy (non-hydrogen) atoms. The minimum atomic E-state index is -0.552. The number of carbonyl (C=O) groups excluding carboxylic acids is 3. The van der Waals surface area contributed by atoms with Gasteiger partial charge in [-0.05, 0) is 53.3 Å². The molecule has 0 unspecified atom stereocenters. The molecule has 2 aromatic rings. The van der Waals surface area contributed by atoms with E-state index in [2.05, 4.69) is 33.7 Å². The number of nitrogens with one attached hydrogen (secondary N) is 2. The van der Waals surface area contributed by atoms with Gasteiger partial charge in [0.2, 0.25) is 11.8 Å². The second-order valence-corrected chi connectivity index (χ2v) is 9.36. The van der Waals surface area contributed by atoms with Gasteiger partial charge in [0.15, 0.2) is 0 Å². The fourth-order valence-corrected chi connectivity index (χ4v) is 4.86. The summed E-state index contributed by atoms with van der Waals surface area (Å²) in [6.07, 6.45) is 5.56. The molecule has 2 heterocycles. The minimum absolute atomic E-state index is 0.134. The third-order valence-corrected chi connectivity index (χ3v) is 6.84. The molecule has 1 aromatic heterocycles. The predicted molar refractivity (Wildman–Crippen MR) is 134 cm³/mol. The molecule has 0 radical (unpaired) electrons. The van der Waals surface area contributed by atoms with Crippen molar-refractivity contribution in [2.24, 2.45) is 0 Å². The lowest BCUT2D eigenvalue weighted by molar-refractivity contribution is -0.128. The molecular weight excluding hydrogens is 434 g/mol. The molecule has 0 fully saturated rings. The van der Waals surface area contributed by atoms with Gasteiger partial charge in [0, 0.05) is 38.2 Å². The van der Waals surface area contributed by atoms with Crippen LogP contribution in [0.5, 0.6) is 0 Å². The van der Waals surface area contributed by atoms with E-state index in [0.29, 0.717) is 25.8 Å². The second kappa shape index (κ2) is 13.1. The Hall–Kier alpha value is -2.67. The van der Waals surface area contributed by atoms with Crippen molar-refractivity contribution in [3.05, 3.63) is 52.2 Å². The number of nitrogens with zero attached hydrogens (tertiary/aromatic N) is 1. The molecule has 0 saturated heterocycles. The Morgan fingerprint density at radius 1 is 1.12 bits per heavy atom. The first-order chi connectivity index (χ1) is 16.1. The fraction of sp³-hybridized carbons (Fsp3) is 0.500. The van der Waals surface area contributed by atoms with Crippen LogP contribution in [0.4, 0.5) is 5.69 Å². The fourth-order valence-electron chi connectivity index (χ4n) is 4.19. The lowest BCUT2D eigenvalue weighted by atomic mass is 10.0. The molecule has 1 atom stereocenters. The molecule has 178 valence electrons. The second-order valence-electron chi connectivity index (χ2n) is 8.58. The van der Waals surface area contributed by atoms with Gasteiger partial charge in [-0.25, -0.2) is 0 Å². The Morgan fingerprint density at radius 2 is 1.97 bits per heavy atom. The van der Waals surface area contributed by atoms with Crippen molar-refractivity contribution in [3.63, 3.8) is 0 Å². The largest absolute Gasteiger partial charge is 0.369 e. The standard InChI is InChI=1S/C26H35N3O3S/c1-2-22(30)9-4-3-5-10-23(28-25(31)18-20-13-17-33-19-20)26(32)27-14-16-29-15-12-21-8-6-7-11-24(21)29/h6-8,11,13,17,19,23H,2-5,9-10,12,14-16,18H2,1H3,(H,27,32)(H,28,31)/t23-/m0/s1. The van der Waals surface area contributed by atoms with E-state index in [1.54, 1.807) is 11.3 Å². The molecule has 7 heteroatoms. The summed E-state index contributed by atoms with van der Waals surface area (Å²) in [5.41, 5.74) is 3.56. The van der Waals surface area contributed by atoms with E-state index < -0.39 is 6.04 Å². The Bertz CT molecular complexity index is 913. The van der Waals surface area contributed by atoms with E-state index in [1.165, 1.54) is 11.3 Å². The number of fused-ring (bicyclic) bond motifs is 1. The zero-order valence-corrected chi connectivity index (χ0v) is 20.3. The van der Waals surface area contributed by atoms with Crippen molar-refractivity contribution < 1.29 is 14.4 Å². The number of hydrogen-bond donors (Lipinski definition) is 2. The average Bonchev–Trinajstić information content (AvgIpc) is 3.48. The summed E-state index contributed by atoms with van der Waals surface area (Å²) in [6, 6.07) is 9.76. The number of para-hydroxylation sites is 1. The SMILES string of the molecule is CCC(=O)CCCCC[C@H](NC(=O)Cc1ccsc1)C(=O)NCCN1CCc2ccccc21. The first-order valence-corrected chi connectivity index (χ1v) is 12.9. The maximum Gasteiger partial charge on any atom is 0.242 e. The third-order valence-electron chi connectivity index (χ3n) is 6.10. The van der Waals surface area contributed by atoms with Crippen LogP contribution in [-0.4, -0.2) is 43.3 Å². The number of rotatable bonds is 14. The summed E-state index contributed by atoms with van der Waals surface area (Å²) in [4.78, 5) is 39.2. The van der Waals surface area contributed by atoms with Crippen LogP contribution >= 0.6 is 11.3 Å². The highest BCUT2D eigenvalue weighted by atomic mass is 32.1. The summed E-state index contributed by atoms with van der Waals surface area (Å²) in [5.74, 6) is 0.00538. The lowest BCUT2D eigenvalue weighted by Gasteiger charge is -2.22. The van der Waals surface area contributed by atoms with Gasteiger partial charge in [0.1, 0.15) is 11.8 Å². The van der Waals surface area contributed by atoms with Gasteiger partial charge in [-0.1, -0.05) is 38.0 Å². The first kappa shape index (κ1) is 25.0. The molecular formula is C26H35N3O3S. The van der Waals surface area contributed by atoms with Crippen molar-refractivity contribution in [1.82, 2.24) is 10.6 Å². The van der Waals surface area contributed by atoms with Gasteiger partial charge in [-0.2, -0.15) is 11.3 Å². The normalized spacial score (nSPS) is 13.4. The smallest absolute Gasteiger partial charge is 0.242 e. The third kappa shape index (κ3) is 8.00. The molecule has 0 bridgehead atoms. The number of benzene rings is 1. The van der Waals surface area contributed by atoms with E-state index >= 15 is 0 Å². The number of ketones is 1. The van der Waals surface area contributed by atoms with Gasteiger partial charge in [-0.3, -0.25) is 14.4 Å². The van der Waals surface area contributed by atoms with Crippen LogP contribution in [-0.2, 0) is 27.2 Å². The molecule has 1 aromatic carbocycles. The number of amides is 2. The maximum atomic E-state index is 12.9. The molecule has 0 aliphatic carbocycles. The van der Waals surface area contributed by atoms with Crippen LogP contribution in [0.1, 0.15) is 56.6 Å². The number of carbonyl (C=O) groups is 3. The van der Waals surface area contributed by atoms with Crippen molar-refractivity contribution >= 4 is 34.6 Å². The van der Waals surface area contributed by atoms with E-state index in [4.69, 9.17) is 0 Å². The van der Waals surface area contributed by atoms with E-state index in [-0.39, 0.29) is 24.0 Å². The Morgan fingerprint density at radius 3 is 2.76 bits per heavy atom. The first-order valence-electron chi connectivity index (χ1n) is 12.0. The summed E-state index contributed by atoms with van der Waals surface area (Å²) in [7, 11) is 0. The highest BCUT2D eigenvalue weighted by molar-refractivity contribution is 7.08. The summed E-state index contributed by atoms with van der Waals surface area (Å²) in [5, 5.41) is 9.86. The van der Waals surface area contributed by atoms with E-state index in [1.807, 2.05) is 29.8 Å². The van der Waals surface area contributed by atoms with Crippen LogP contribution in [0.15, 0.2) is 41.1 Å². The highest BCUT2D eigenvalue weighted by Gasteiger charge is 2.22. The molecule has 0 saturated carbocycles. The Labute approximate surface area is 200 Å². The molecule has 2 amide bonds. The summed E-state index contributed by atoms with van der Waals surface area (Å²) >= 11 is 1.56. The van der Waals surface area contributed by atoms with Gasteiger partial charge in [-0.15, -0.1) is 0 Å². The van der Waals surface area contributed by atoms with E-state index in [9.17, 15) is 14.4 Å². The number of Topliss-reactive ketones (excluding diaryl/α,β-unsaturated/α-hetero) is 1. The number of anilines is 1. The number of unbranched alkanes of at least 4 members (excludes halogenated alkanes) is 2. The van der Waals surface area contributed by atoms with Crippen molar-refractivity contribution in [3.8, 4) is 0 Å². The summed E-state index contributed by atoms with van der Waals surface area (Å²) in [6.45, 7) is 4.13. The highest BCUT2D eigenvalue weighted by Crippen LogP contribution is 2.26. The van der Waals surface area contributed by atoms with Crippen molar-refractivity contribution in [2.75, 3.05) is 24.5 Å². The van der Waals surface area contributed by atoms with Crippen LogP contribution in [0, 0.1) is 0 Å².